The second-order valence-corrected chi connectivity index (χ2v) is 8.91. The molecular formula is C26H21FN2O3S. The molecule has 0 radical (unpaired) electrons. The van der Waals surface area contributed by atoms with Gasteiger partial charge in [-0.1, -0.05) is 29.5 Å². The average molecular weight is 461 g/mol. The molecule has 0 saturated heterocycles. The first-order valence-electron chi connectivity index (χ1n) is 10.4. The van der Waals surface area contributed by atoms with E-state index < -0.39 is 0 Å². The molecule has 33 heavy (non-hydrogen) atoms. The highest BCUT2D eigenvalue weighted by molar-refractivity contribution is 7.15. The van der Waals surface area contributed by atoms with Crippen molar-refractivity contribution in [3.05, 3.63) is 97.6 Å². The fourth-order valence-electron chi connectivity index (χ4n) is 3.75. The molecule has 0 atom stereocenters. The van der Waals surface area contributed by atoms with E-state index in [1.54, 1.807) is 29.7 Å². The third-order valence-electron chi connectivity index (χ3n) is 5.62. The molecule has 5 aromatic rings. The highest BCUT2D eigenvalue weighted by Gasteiger charge is 2.13. The lowest BCUT2D eigenvalue weighted by molar-refractivity contribution is 0.284. The fraction of sp³-hybridized carbons (Fsp3) is 0.154. The van der Waals surface area contributed by atoms with Crippen LogP contribution in [0.5, 0.6) is 11.5 Å². The van der Waals surface area contributed by atoms with Crippen molar-refractivity contribution in [2.75, 3.05) is 7.11 Å². The van der Waals surface area contributed by atoms with Crippen molar-refractivity contribution in [2.24, 2.45) is 0 Å². The molecule has 0 spiro atoms. The van der Waals surface area contributed by atoms with Crippen molar-refractivity contribution < 1.29 is 13.9 Å². The van der Waals surface area contributed by atoms with Crippen molar-refractivity contribution in [3.63, 3.8) is 0 Å². The molecule has 0 amide bonds. The molecule has 0 aliphatic rings. The zero-order valence-corrected chi connectivity index (χ0v) is 19.2. The second-order valence-electron chi connectivity index (χ2n) is 7.90. The van der Waals surface area contributed by atoms with Gasteiger partial charge in [0.1, 0.15) is 12.4 Å². The van der Waals surface area contributed by atoms with Crippen LogP contribution in [0.25, 0.3) is 22.1 Å². The van der Waals surface area contributed by atoms with E-state index in [0.717, 1.165) is 33.3 Å². The molecule has 0 saturated carbocycles. The first kappa shape index (κ1) is 21.2. The van der Waals surface area contributed by atoms with E-state index in [4.69, 9.17) is 9.47 Å². The summed E-state index contributed by atoms with van der Waals surface area (Å²) in [5, 5.41) is 0. The number of hydrogen-bond acceptors (Lipinski definition) is 5. The van der Waals surface area contributed by atoms with Crippen LogP contribution in [-0.4, -0.2) is 16.5 Å². The Morgan fingerprint density at radius 2 is 1.88 bits per heavy atom. The number of benzene rings is 3. The Morgan fingerprint density at radius 1 is 1.06 bits per heavy atom. The van der Waals surface area contributed by atoms with E-state index in [1.807, 2.05) is 44.2 Å². The van der Waals surface area contributed by atoms with Gasteiger partial charge in [-0.05, 0) is 78.6 Å². The number of nitrogens with zero attached hydrogens (tertiary/aromatic N) is 2. The van der Waals surface area contributed by atoms with Crippen molar-refractivity contribution in [3.8, 4) is 11.5 Å². The molecule has 0 fully saturated rings. The Morgan fingerprint density at radius 3 is 2.67 bits per heavy atom. The highest BCUT2D eigenvalue weighted by atomic mass is 32.1. The van der Waals surface area contributed by atoms with Gasteiger partial charge in [-0.2, -0.15) is 0 Å². The lowest BCUT2D eigenvalue weighted by atomic mass is 10.1. The minimum absolute atomic E-state index is 0.0915. The Labute approximate surface area is 193 Å². The van der Waals surface area contributed by atoms with Gasteiger partial charge < -0.3 is 9.47 Å². The summed E-state index contributed by atoms with van der Waals surface area (Å²) in [6.07, 6.45) is 1.83. The number of fused-ring (bicyclic) bond motifs is 3. The lowest BCUT2D eigenvalue weighted by Crippen LogP contribution is -2.22. The summed E-state index contributed by atoms with van der Waals surface area (Å²) < 4.78 is 27.0. The van der Waals surface area contributed by atoms with Crippen LogP contribution in [0, 0.1) is 19.7 Å². The monoisotopic (exact) mass is 460 g/mol. The van der Waals surface area contributed by atoms with E-state index in [0.29, 0.717) is 21.0 Å². The Kier molecular flexibility index (Phi) is 5.34. The Hall–Kier alpha value is -3.71. The molecule has 2 aromatic heterocycles. The van der Waals surface area contributed by atoms with Gasteiger partial charge in [0.15, 0.2) is 16.5 Å². The maximum Gasteiger partial charge on any atom is 0.274 e. The highest BCUT2D eigenvalue weighted by Crippen LogP contribution is 2.29. The average Bonchev–Trinajstić information content (AvgIpc) is 3.28. The van der Waals surface area contributed by atoms with Crippen LogP contribution in [0.4, 0.5) is 4.39 Å². The van der Waals surface area contributed by atoms with Gasteiger partial charge in [-0.3, -0.25) is 4.79 Å². The minimum atomic E-state index is -0.304. The first-order valence-corrected chi connectivity index (χ1v) is 11.2. The van der Waals surface area contributed by atoms with Gasteiger partial charge in [-0.25, -0.2) is 13.8 Å². The second kappa shape index (κ2) is 8.33. The number of rotatable bonds is 5. The minimum Gasteiger partial charge on any atom is -0.493 e. The summed E-state index contributed by atoms with van der Waals surface area (Å²) in [4.78, 5) is 18.4. The Balaban J connectivity index is 1.49. The van der Waals surface area contributed by atoms with Crippen LogP contribution < -0.4 is 19.6 Å². The van der Waals surface area contributed by atoms with Crippen LogP contribution in [-0.2, 0) is 6.61 Å². The van der Waals surface area contributed by atoms with Crippen LogP contribution in [0.1, 0.15) is 22.3 Å². The maximum absolute atomic E-state index is 13.4. The van der Waals surface area contributed by atoms with E-state index in [1.165, 1.54) is 23.5 Å². The number of imidazole rings is 1. The van der Waals surface area contributed by atoms with Gasteiger partial charge in [0.25, 0.3) is 5.56 Å². The van der Waals surface area contributed by atoms with Gasteiger partial charge >= 0.3 is 0 Å². The SMILES string of the molecule is COc1cc(/C=c2\sc3nc4cc(C)c(C)cc4n3c2=O)ccc1OCc1cccc(F)c1. The predicted molar refractivity (Wildman–Crippen MR) is 129 cm³/mol. The quantitative estimate of drug-likeness (QED) is 0.378. The predicted octanol–water partition coefficient (Wildman–Crippen LogP) is 4.80. The van der Waals surface area contributed by atoms with Gasteiger partial charge in [0.2, 0.25) is 0 Å². The normalized spacial score (nSPS) is 12.1. The van der Waals surface area contributed by atoms with E-state index in [9.17, 15) is 9.18 Å². The number of aromatic nitrogens is 2. The topological polar surface area (TPSA) is 52.8 Å². The van der Waals surface area contributed by atoms with Gasteiger partial charge in [-0.15, -0.1) is 0 Å². The molecule has 2 heterocycles. The third kappa shape index (κ3) is 3.96. The van der Waals surface area contributed by atoms with Crippen molar-refractivity contribution in [1.29, 1.82) is 0 Å². The van der Waals surface area contributed by atoms with Crippen molar-refractivity contribution >= 4 is 33.4 Å². The molecule has 0 bridgehead atoms. The summed E-state index contributed by atoms with van der Waals surface area (Å²) in [7, 11) is 1.56. The fourth-order valence-corrected chi connectivity index (χ4v) is 4.74. The maximum atomic E-state index is 13.4. The lowest BCUT2D eigenvalue weighted by Gasteiger charge is -2.11. The van der Waals surface area contributed by atoms with Crippen LogP contribution in [0.3, 0.4) is 0 Å². The van der Waals surface area contributed by atoms with E-state index in [-0.39, 0.29) is 18.0 Å². The first-order chi connectivity index (χ1) is 15.9. The summed E-state index contributed by atoms with van der Waals surface area (Å²) in [5.74, 6) is 0.770. The zero-order chi connectivity index (χ0) is 23.1. The number of ether oxygens (including phenoxy) is 2. The molecule has 0 aliphatic carbocycles. The number of aryl methyl sites for hydroxylation is 2. The van der Waals surface area contributed by atoms with Crippen molar-refractivity contribution in [1.82, 2.24) is 9.38 Å². The molecule has 5 nitrogen and oxygen atoms in total. The smallest absolute Gasteiger partial charge is 0.274 e. The Bertz CT molecular complexity index is 1620. The number of thiazole rings is 1. The molecule has 3 aromatic carbocycles. The van der Waals surface area contributed by atoms with Crippen LogP contribution in [0.15, 0.2) is 59.4 Å². The number of methoxy groups -OCH3 is 1. The van der Waals surface area contributed by atoms with Crippen molar-refractivity contribution in [2.45, 2.75) is 20.5 Å². The van der Waals surface area contributed by atoms with Crippen LogP contribution in [0.2, 0.25) is 0 Å². The van der Waals surface area contributed by atoms with Gasteiger partial charge in [0.05, 0.1) is 22.7 Å². The molecule has 7 heteroatoms. The summed E-state index contributed by atoms with van der Waals surface area (Å²) in [6, 6.07) is 15.8. The number of halogens is 1. The third-order valence-corrected chi connectivity index (χ3v) is 6.59. The molecule has 0 N–H and O–H groups in total. The number of hydrogen-bond donors (Lipinski definition) is 0. The molecule has 0 aliphatic heterocycles. The standard InChI is InChI=1S/C26H21FN2O3S/c1-15-9-20-21(10-16(15)2)29-25(30)24(33-26(29)28-20)13-17-7-8-22(23(12-17)31-3)32-14-18-5-4-6-19(27)11-18/h4-13H,14H2,1-3H3/b24-13-. The molecule has 0 unspecified atom stereocenters. The summed E-state index contributed by atoms with van der Waals surface area (Å²) >= 11 is 1.36. The molecule has 166 valence electrons. The zero-order valence-electron chi connectivity index (χ0n) is 18.4. The largest absolute Gasteiger partial charge is 0.493 e. The van der Waals surface area contributed by atoms with Crippen LogP contribution >= 0.6 is 11.3 Å². The summed E-state index contributed by atoms with van der Waals surface area (Å²) in [5.41, 5.74) is 5.37. The van der Waals surface area contributed by atoms with E-state index in [2.05, 4.69) is 4.98 Å². The molecular weight excluding hydrogens is 439 g/mol. The molecule has 5 rings (SSSR count). The summed E-state index contributed by atoms with van der Waals surface area (Å²) in [6.45, 7) is 4.29. The van der Waals surface area contributed by atoms with E-state index >= 15 is 0 Å². The van der Waals surface area contributed by atoms with Gasteiger partial charge in [0, 0.05) is 0 Å².